The molecule has 0 saturated heterocycles. The molecule has 92 valence electrons. The molecule has 0 aromatic rings. The Labute approximate surface area is 94.2 Å². The van der Waals surface area contributed by atoms with Crippen LogP contribution in [0.2, 0.25) is 0 Å². The predicted molar refractivity (Wildman–Crippen MR) is 64.1 cm³/mol. The van der Waals surface area contributed by atoms with Crippen molar-refractivity contribution in [2.24, 2.45) is 0 Å². The van der Waals surface area contributed by atoms with Gasteiger partial charge in [0.15, 0.2) is 0 Å². The van der Waals surface area contributed by atoms with Crippen LogP contribution in [0.3, 0.4) is 0 Å². The maximum Gasteiger partial charge on any atom is 0.0599 e. The molecule has 0 rings (SSSR count). The van der Waals surface area contributed by atoms with Crippen LogP contribution >= 0.6 is 0 Å². The second kappa shape index (κ2) is 9.13. The molecular weight excluding hydrogens is 190 g/mol. The molecule has 2 N–H and O–H groups in total. The minimum atomic E-state index is -0.0250. The molecule has 0 spiro atoms. The smallest absolute Gasteiger partial charge is 0.0599 e. The second-order valence-electron chi connectivity index (χ2n) is 4.85. The van der Waals surface area contributed by atoms with E-state index >= 15 is 0 Å². The van der Waals surface area contributed by atoms with Gasteiger partial charge < -0.3 is 15.2 Å². The molecule has 0 aromatic heterocycles. The van der Waals surface area contributed by atoms with Crippen molar-refractivity contribution in [1.29, 1.82) is 0 Å². The average molecular weight is 217 g/mol. The van der Waals surface area contributed by atoms with Gasteiger partial charge in [-0.25, -0.2) is 0 Å². The molecule has 0 aliphatic rings. The van der Waals surface area contributed by atoms with E-state index in [1.54, 1.807) is 0 Å². The summed E-state index contributed by atoms with van der Waals surface area (Å²) >= 11 is 0. The highest BCUT2D eigenvalue weighted by Gasteiger charge is 2.08. The third kappa shape index (κ3) is 13.9. The van der Waals surface area contributed by atoms with Crippen molar-refractivity contribution in [2.45, 2.75) is 52.1 Å². The van der Waals surface area contributed by atoms with E-state index in [9.17, 15) is 0 Å². The number of rotatable bonds is 9. The highest BCUT2D eigenvalue weighted by atomic mass is 16.5. The zero-order valence-corrected chi connectivity index (χ0v) is 10.5. The highest BCUT2D eigenvalue weighted by Crippen LogP contribution is 2.05. The molecule has 0 atom stereocenters. The lowest BCUT2D eigenvalue weighted by molar-refractivity contribution is -0.000757. The Morgan fingerprint density at radius 2 is 1.67 bits per heavy atom. The monoisotopic (exact) mass is 217 g/mol. The predicted octanol–water partition coefficient (Wildman–Crippen LogP) is 1.94. The Morgan fingerprint density at radius 3 is 2.27 bits per heavy atom. The van der Waals surface area contributed by atoms with Crippen molar-refractivity contribution in [3.63, 3.8) is 0 Å². The van der Waals surface area contributed by atoms with Gasteiger partial charge in [-0.2, -0.15) is 0 Å². The number of ether oxygens (including phenoxy) is 1. The first kappa shape index (κ1) is 14.9. The van der Waals surface area contributed by atoms with E-state index < -0.39 is 0 Å². The Bertz CT molecular complexity index is 132. The summed E-state index contributed by atoms with van der Waals surface area (Å²) in [6.45, 7) is 9.30. The molecule has 0 aliphatic heterocycles. The minimum Gasteiger partial charge on any atom is -0.396 e. The van der Waals surface area contributed by atoms with Crippen LogP contribution in [0, 0.1) is 0 Å². The lowest BCUT2D eigenvalue weighted by atomic mass is 10.2. The lowest BCUT2D eigenvalue weighted by Gasteiger charge is -2.19. The van der Waals surface area contributed by atoms with E-state index in [1.165, 1.54) is 12.8 Å². The first-order valence-corrected chi connectivity index (χ1v) is 6.02. The van der Waals surface area contributed by atoms with Gasteiger partial charge in [-0.3, -0.25) is 0 Å². The van der Waals surface area contributed by atoms with E-state index in [-0.39, 0.29) is 5.60 Å². The van der Waals surface area contributed by atoms with E-state index in [0.717, 1.165) is 32.5 Å². The van der Waals surface area contributed by atoms with Gasteiger partial charge in [0.25, 0.3) is 0 Å². The average Bonchev–Trinajstić information content (AvgIpc) is 2.14. The van der Waals surface area contributed by atoms with Crippen molar-refractivity contribution in [2.75, 3.05) is 26.3 Å². The summed E-state index contributed by atoms with van der Waals surface area (Å²) in [6, 6.07) is 0. The quantitative estimate of drug-likeness (QED) is 0.580. The largest absolute Gasteiger partial charge is 0.396 e. The number of nitrogens with one attached hydrogen (secondary N) is 1. The molecule has 3 heteroatoms. The normalized spacial score (nSPS) is 12.0. The lowest BCUT2D eigenvalue weighted by Crippen LogP contribution is -2.27. The number of hydrogen-bond donors (Lipinski definition) is 2. The van der Waals surface area contributed by atoms with E-state index in [1.807, 2.05) is 0 Å². The summed E-state index contributed by atoms with van der Waals surface area (Å²) in [4.78, 5) is 0. The Hall–Kier alpha value is -0.120. The molecule has 0 heterocycles. The molecule has 15 heavy (non-hydrogen) atoms. The van der Waals surface area contributed by atoms with Crippen molar-refractivity contribution in [1.82, 2.24) is 5.32 Å². The van der Waals surface area contributed by atoms with Crippen LogP contribution < -0.4 is 5.32 Å². The summed E-state index contributed by atoms with van der Waals surface area (Å²) in [5, 5.41) is 11.9. The molecule has 0 aromatic carbocycles. The molecule has 0 fully saturated rings. The molecule has 0 amide bonds. The third-order valence-corrected chi connectivity index (χ3v) is 2.08. The molecule has 0 saturated carbocycles. The maximum atomic E-state index is 8.58. The van der Waals surface area contributed by atoms with Gasteiger partial charge in [0, 0.05) is 13.2 Å². The van der Waals surface area contributed by atoms with E-state index in [2.05, 4.69) is 26.1 Å². The van der Waals surface area contributed by atoms with Crippen molar-refractivity contribution in [3.8, 4) is 0 Å². The first-order chi connectivity index (χ1) is 7.06. The molecular formula is C12H27NO2. The van der Waals surface area contributed by atoms with Crippen molar-refractivity contribution < 1.29 is 9.84 Å². The Balaban J connectivity index is 2.99. The fourth-order valence-electron chi connectivity index (χ4n) is 1.27. The van der Waals surface area contributed by atoms with Crippen LogP contribution in [0.4, 0.5) is 0 Å². The maximum absolute atomic E-state index is 8.58. The van der Waals surface area contributed by atoms with Gasteiger partial charge in [0.05, 0.1) is 12.2 Å². The van der Waals surface area contributed by atoms with Crippen molar-refractivity contribution >= 4 is 0 Å². The molecule has 3 nitrogen and oxygen atoms in total. The standard InChI is InChI=1S/C12H27NO2/c1-12(2,3)15-11-9-13-8-6-4-5-7-10-14/h13-14H,4-11H2,1-3H3. The van der Waals surface area contributed by atoms with Crippen LogP contribution in [-0.2, 0) is 4.74 Å². The molecule has 0 unspecified atom stereocenters. The number of unbranched alkanes of at least 4 members (excludes halogenated alkanes) is 3. The third-order valence-electron chi connectivity index (χ3n) is 2.08. The zero-order chi connectivity index (χ0) is 11.6. The number of aliphatic hydroxyl groups excluding tert-OH is 1. The van der Waals surface area contributed by atoms with Crippen LogP contribution in [0.5, 0.6) is 0 Å². The zero-order valence-electron chi connectivity index (χ0n) is 10.5. The van der Waals surface area contributed by atoms with Gasteiger partial charge in [-0.15, -0.1) is 0 Å². The van der Waals surface area contributed by atoms with Gasteiger partial charge in [-0.05, 0) is 40.2 Å². The fourth-order valence-corrected chi connectivity index (χ4v) is 1.27. The van der Waals surface area contributed by atoms with Gasteiger partial charge in [0.2, 0.25) is 0 Å². The van der Waals surface area contributed by atoms with Crippen LogP contribution in [-0.4, -0.2) is 37.0 Å². The van der Waals surface area contributed by atoms with Crippen molar-refractivity contribution in [3.05, 3.63) is 0 Å². The summed E-state index contributed by atoms with van der Waals surface area (Å²) in [5.41, 5.74) is -0.0250. The summed E-state index contributed by atoms with van der Waals surface area (Å²) < 4.78 is 5.58. The van der Waals surface area contributed by atoms with Crippen LogP contribution in [0.15, 0.2) is 0 Å². The molecule has 0 radical (unpaired) electrons. The Kier molecular flexibility index (Phi) is 9.06. The topological polar surface area (TPSA) is 41.5 Å². The number of aliphatic hydroxyl groups is 1. The highest BCUT2D eigenvalue weighted by molar-refractivity contribution is 4.59. The fraction of sp³-hybridized carbons (Fsp3) is 1.00. The van der Waals surface area contributed by atoms with E-state index in [4.69, 9.17) is 9.84 Å². The first-order valence-electron chi connectivity index (χ1n) is 6.02. The summed E-state index contributed by atoms with van der Waals surface area (Å²) in [5.74, 6) is 0. The SMILES string of the molecule is CC(C)(C)OCCNCCCCCCO. The van der Waals surface area contributed by atoms with E-state index in [0.29, 0.717) is 6.61 Å². The van der Waals surface area contributed by atoms with Gasteiger partial charge >= 0.3 is 0 Å². The number of hydrogen-bond acceptors (Lipinski definition) is 3. The van der Waals surface area contributed by atoms with Crippen LogP contribution in [0.1, 0.15) is 46.5 Å². The van der Waals surface area contributed by atoms with Crippen LogP contribution in [0.25, 0.3) is 0 Å². The van der Waals surface area contributed by atoms with Gasteiger partial charge in [0.1, 0.15) is 0 Å². The Morgan fingerprint density at radius 1 is 1.00 bits per heavy atom. The molecule has 0 aliphatic carbocycles. The molecule has 0 bridgehead atoms. The minimum absolute atomic E-state index is 0.0250. The summed E-state index contributed by atoms with van der Waals surface area (Å²) in [6.07, 6.45) is 4.47. The van der Waals surface area contributed by atoms with Gasteiger partial charge in [-0.1, -0.05) is 12.8 Å². The summed E-state index contributed by atoms with van der Waals surface area (Å²) in [7, 11) is 0. The second-order valence-corrected chi connectivity index (χ2v) is 4.85.